The number of nitrogens with zero attached hydrogens (tertiary/aromatic N) is 1. The Kier molecular flexibility index (Phi) is 7.71. The summed E-state index contributed by atoms with van der Waals surface area (Å²) in [6.45, 7) is 2.99. The number of hydrogen-bond acceptors (Lipinski definition) is 6. The van der Waals surface area contributed by atoms with Crippen molar-refractivity contribution in [3.8, 4) is 5.75 Å². The number of esters is 1. The van der Waals surface area contributed by atoms with E-state index in [1.807, 2.05) is 28.8 Å². The zero-order chi connectivity index (χ0) is 17.5. The Labute approximate surface area is 157 Å². The molecule has 0 saturated carbocycles. The van der Waals surface area contributed by atoms with Gasteiger partial charge in [0.25, 0.3) is 0 Å². The van der Waals surface area contributed by atoms with E-state index in [2.05, 4.69) is 19.1 Å². The summed E-state index contributed by atoms with van der Waals surface area (Å²) in [4.78, 5) is 13.9. The molecule has 132 valence electrons. The molecule has 7 heteroatoms. The molecule has 24 heavy (non-hydrogen) atoms. The molecule has 0 bridgehead atoms. The summed E-state index contributed by atoms with van der Waals surface area (Å²) in [5.74, 6) is 3.80. The summed E-state index contributed by atoms with van der Waals surface area (Å²) >= 11 is 8.83. The monoisotopic (exact) mass is 385 g/mol. The summed E-state index contributed by atoms with van der Waals surface area (Å²) in [6, 6.07) is 7.92. The maximum atomic E-state index is 11.9. The highest BCUT2D eigenvalue weighted by Gasteiger charge is 2.35. The lowest BCUT2D eigenvalue weighted by Gasteiger charge is -2.26. The third kappa shape index (κ3) is 5.29. The number of rotatable bonds is 8. The van der Waals surface area contributed by atoms with Crippen LogP contribution in [0.4, 0.5) is 0 Å². The Morgan fingerprint density at radius 3 is 2.75 bits per heavy atom. The number of benzene rings is 1. The number of carbonyl (C=O) groups excluding carboxylic acids is 1. The SMILES string of the molecule is COC(=O)[C@@H]1CSC(=S)N1CC(C)CSCc1ccc(OC)cc1. The Bertz CT molecular complexity index is 565. The molecule has 1 aromatic carbocycles. The number of carbonyl (C=O) groups is 1. The van der Waals surface area contributed by atoms with Crippen LogP contribution >= 0.6 is 35.7 Å². The van der Waals surface area contributed by atoms with Gasteiger partial charge in [-0.3, -0.25) is 0 Å². The minimum atomic E-state index is -0.235. The molecule has 1 aliphatic heterocycles. The Hall–Kier alpha value is -0.920. The molecule has 0 spiro atoms. The van der Waals surface area contributed by atoms with Crippen LogP contribution in [0.15, 0.2) is 24.3 Å². The molecule has 1 aliphatic rings. The zero-order valence-corrected chi connectivity index (χ0v) is 16.6. The first kappa shape index (κ1) is 19.4. The highest BCUT2D eigenvalue weighted by Crippen LogP contribution is 2.27. The maximum absolute atomic E-state index is 11.9. The Morgan fingerprint density at radius 2 is 2.12 bits per heavy atom. The highest BCUT2D eigenvalue weighted by atomic mass is 32.2. The van der Waals surface area contributed by atoms with Crippen molar-refractivity contribution >= 4 is 46.0 Å². The largest absolute Gasteiger partial charge is 0.497 e. The molecule has 0 amide bonds. The summed E-state index contributed by atoms with van der Waals surface area (Å²) in [5.41, 5.74) is 1.28. The van der Waals surface area contributed by atoms with Gasteiger partial charge in [0.15, 0.2) is 0 Å². The molecule has 1 aromatic rings. The van der Waals surface area contributed by atoms with E-state index in [1.54, 1.807) is 18.9 Å². The molecular weight excluding hydrogens is 362 g/mol. The first-order valence-electron chi connectivity index (χ1n) is 7.77. The van der Waals surface area contributed by atoms with Gasteiger partial charge in [-0.25, -0.2) is 4.79 Å². The van der Waals surface area contributed by atoms with Crippen LogP contribution in [0.25, 0.3) is 0 Å². The van der Waals surface area contributed by atoms with Gasteiger partial charge in [-0.2, -0.15) is 11.8 Å². The van der Waals surface area contributed by atoms with E-state index in [4.69, 9.17) is 21.7 Å². The number of methoxy groups -OCH3 is 2. The summed E-state index contributed by atoms with van der Waals surface area (Å²) in [7, 11) is 3.11. The molecule has 2 atom stereocenters. The fourth-order valence-corrected chi connectivity index (χ4v) is 4.92. The minimum Gasteiger partial charge on any atom is -0.497 e. The third-order valence-corrected chi connectivity index (χ3v) is 6.68. The van der Waals surface area contributed by atoms with Crippen molar-refractivity contribution in [3.05, 3.63) is 29.8 Å². The topological polar surface area (TPSA) is 38.8 Å². The number of thiocarbonyl (C=S) groups is 1. The van der Waals surface area contributed by atoms with Crippen LogP contribution in [-0.2, 0) is 15.3 Å². The van der Waals surface area contributed by atoms with Gasteiger partial charge in [-0.05, 0) is 29.4 Å². The molecule has 1 heterocycles. The minimum absolute atomic E-state index is 0.194. The number of hydrogen-bond donors (Lipinski definition) is 0. The molecule has 0 aromatic heterocycles. The van der Waals surface area contributed by atoms with Crippen molar-refractivity contribution < 1.29 is 14.3 Å². The molecular formula is C17H23NO3S3. The molecule has 0 radical (unpaired) electrons. The second-order valence-corrected chi connectivity index (χ2v) is 8.42. The smallest absolute Gasteiger partial charge is 0.329 e. The molecule has 0 aliphatic carbocycles. The van der Waals surface area contributed by atoms with Gasteiger partial charge in [-0.1, -0.05) is 43.0 Å². The predicted molar refractivity (Wildman–Crippen MR) is 106 cm³/mol. The van der Waals surface area contributed by atoms with E-state index in [1.165, 1.54) is 12.7 Å². The fraction of sp³-hybridized carbons (Fsp3) is 0.529. The fourth-order valence-electron chi connectivity index (χ4n) is 2.47. The van der Waals surface area contributed by atoms with Gasteiger partial charge in [-0.15, -0.1) is 0 Å². The number of ether oxygens (including phenoxy) is 2. The lowest BCUT2D eigenvalue weighted by Crippen LogP contribution is -2.42. The lowest BCUT2D eigenvalue weighted by molar-refractivity contribution is -0.144. The van der Waals surface area contributed by atoms with E-state index < -0.39 is 0 Å². The Balaban J connectivity index is 1.78. The van der Waals surface area contributed by atoms with E-state index in [-0.39, 0.29) is 12.0 Å². The van der Waals surface area contributed by atoms with Crippen LogP contribution in [0.3, 0.4) is 0 Å². The third-order valence-electron chi connectivity index (χ3n) is 3.79. The molecule has 4 nitrogen and oxygen atoms in total. The summed E-state index contributed by atoms with van der Waals surface area (Å²) in [5, 5.41) is 0. The first-order chi connectivity index (χ1) is 11.5. The van der Waals surface area contributed by atoms with E-state index in [0.717, 1.165) is 28.1 Å². The van der Waals surface area contributed by atoms with Crippen LogP contribution in [0, 0.1) is 5.92 Å². The van der Waals surface area contributed by atoms with Crippen molar-refractivity contribution in [2.75, 3.05) is 32.3 Å². The van der Waals surface area contributed by atoms with Crippen LogP contribution in [0.2, 0.25) is 0 Å². The van der Waals surface area contributed by atoms with Gasteiger partial charge < -0.3 is 14.4 Å². The van der Waals surface area contributed by atoms with Crippen molar-refractivity contribution in [1.82, 2.24) is 4.90 Å². The molecule has 0 N–H and O–H groups in total. The summed E-state index contributed by atoms with van der Waals surface area (Å²) < 4.78 is 10.9. The average Bonchev–Trinajstić information content (AvgIpc) is 2.95. The average molecular weight is 386 g/mol. The van der Waals surface area contributed by atoms with Crippen LogP contribution in [-0.4, -0.2) is 53.5 Å². The van der Waals surface area contributed by atoms with Crippen LogP contribution < -0.4 is 4.74 Å². The molecule has 1 fully saturated rings. The normalized spacial score (nSPS) is 18.5. The van der Waals surface area contributed by atoms with Gasteiger partial charge in [0.05, 0.1) is 14.2 Å². The first-order valence-corrected chi connectivity index (χ1v) is 10.3. The quantitative estimate of drug-likeness (QED) is 0.501. The van der Waals surface area contributed by atoms with Gasteiger partial charge in [0.1, 0.15) is 16.1 Å². The Morgan fingerprint density at radius 1 is 1.42 bits per heavy atom. The lowest BCUT2D eigenvalue weighted by atomic mass is 10.2. The second-order valence-electron chi connectivity index (χ2n) is 5.74. The standard InChI is InChI=1S/C17H23NO3S3/c1-12(8-18-15(16(19)21-3)11-24-17(18)22)9-23-10-13-4-6-14(20-2)7-5-13/h4-7,12,15H,8-11H2,1-3H3/t12?,15-/m0/s1. The van der Waals surface area contributed by atoms with Crippen molar-refractivity contribution in [2.45, 2.75) is 18.7 Å². The van der Waals surface area contributed by atoms with Crippen LogP contribution in [0.1, 0.15) is 12.5 Å². The molecule has 2 rings (SSSR count). The van der Waals surface area contributed by atoms with Crippen LogP contribution in [0.5, 0.6) is 5.75 Å². The second kappa shape index (κ2) is 9.53. The van der Waals surface area contributed by atoms with Gasteiger partial charge >= 0.3 is 5.97 Å². The van der Waals surface area contributed by atoms with E-state index >= 15 is 0 Å². The van der Waals surface area contributed by atoms with E-state index in [0.29, 0.717) is 11.7 Å². The summed E-state index contributed by atoms with van der Waals surface area (Å²) in [6.07, 6.45) is 0. The van der Waals surface area contributed by atoms with Crippen molar-refractivity contribution in [3.63, 3.8) is 0 Å². The predicted octanol–water partition coefficient (Wildman–Crippen LogP) is 3.44. The van der Waals surface area contributed by atoms with Gasteiger partial charge in [0, 0.05) is 18.1 Å². The van der Waals surface area contributed by atoms with Gasteiger partial charge in [0.2, 0.25) is 0 Å². The highest BCUT2D eigenvalue weighted by molar-refractivity contribution is 8.23. The number of thioether (sulfide) groups is 2. The molecule has 1 saturated heterocycles. The van der Waals surface area contributed by atoms with Crippen molar-refractivity contribution in [1.29, 1.82) is 0 Å². The zero-order valence-electron chi connectivity index (χ0n) is 14.2. The van der Waals surface area contributed by atoms with E-state index in [9.17, 15) is 4.79 Å². The van der Waals surface area contributed by atoms with Crippen molar-refractivity contribution in [2.24, 2.45) is 5.92 Å². The maximum Gasteiger partial charge on any atom is 0.329 e. The molecule has 1 unspecified atom stereocenters.